The quantitative estimate of drug-likeness (QED) is 0.162. The van der Waals surface area contributed by atoms with Crippen LogP contribution in [-0.2, 0) is 23.7 Å². The molecule has 2 atom stereocenters. The fourth-order valence-electron chi connectivity index (χ4n) is 9.80. The number of hydrogen-bond acceptors (Lipinski definition) is 12. The minimum absolute atomic E-state index is 0.105. The Bertz CT molecular complexity index is 2640. The average Bonchev–Trinajstić information content (AvgIpc) is 4.09. The summed E-state index contributed by atoms with van der Waals surface area (Å²) in [5, 5.41) is 15.4. The Hall–Kier alpha value is -5.55. The largest absolute Gasteiger partial charge is 0.480 e. The van der Waals surface area contributed by atoms with Crippen LogP contribution in [0.25, 0.3) is 21.8 Å². The number of carbonyl (C=O) groups is 2. The molecule has 3 saturated heterocycles. The number of fused-ring (bicyclic) bond motifs is 4. The molecule has 62 heavy (non-hydrogen) atoms. The summed E-state index contributed by atoms with van der Waals surface area (Å²) in [5.41, 5.74) is 3.87. The molecule has 3 aromatic heterocycles. The number of halogens is 3. The zero-order chi connectivity index (χ0) is 42.9. The van der Waals surface area contributed by atoms with Gasteiger partial charge < -0.3 is 34.6 Å². The van der Waals surface area contributed by atoms with E-state index in [-0.39, 0.29) is 29.2 Å². The maximum Gasteiger partial charge on any atom is 0.301 e. The normalized spacial score (nSPS) is 22.5. The van der Waals surface area contributed by atoms with E-state index in [1.165, 1.54) is 4.57 Å². The van der Waals surface area contributed by atoms with Crippen molar-refractivity contribution in [1.82, 2.24) is 34.5 Å². The predicted molar refractivity (Wildman–Crippen MR) is 234 cm³/mol. The number of nitrogens with one attached hydrogen (secondary N) is 3. The number of imide groups is 1. The molecule has 7 heterocycles. The van der Waals surface area contributed by atoms with Gasteiger partial charge in [-0.2, -0.15) is 10.1 Å². The summed E-state index contributed by atoms with van der Waals surface area (Å²) in [7, 11) is 3.51. The number of nitrogens with zero attached hydrogens (tertiary/aromatic N) is 8. The van der Waals surface area contributed by atoms with Gasteiger partial charge in [0.1, 0.15) is 5.02 Å². The fourth-order valence-corrected chi connectivity index (χ4v) is 9.93. The second-order valence-electron chi connectivity index (χ2n) is 17.6. The molecule has 15 nitrogen and oxygen atoms in total. The van der Waals surface area contributed by atoms with Crippen molar-refractivity contribution in [2.24, 2.45) is 25.9 Å². The Morgan fingerprint density at radius 2 is 1.74 bits per heavy atom. The summed E-state index contributed by atoms with van der Waals surface area (Å²) >= 11 is 6.66. The molecule has 0 bridgehead atoms. The van der Waals surface area contributed by atoms with Crippen LogP contribution < -0.4 is 36.0 Å². The smallest absolute Gasteiger partial charge is 0.301 e. The fraction of sp³-hybridized carbons (Fsp3) is 0.500. The van der Waals surface area contributed by atoms with E-state index in [1.807, 2.05) is 23.9 Å². The summed E-state index contributed by atoms with van der Waals surface area (Å²) in [4.78, 5) is 54.3. The van der Waals surface area contributed by atoms with Crippen molar-refractivity contribution in [1.29, 1.82) is 0 Å². The van der Waals surface area contributed by atoms with Gasteiger partial charge in [0.25, 0.3) is 5.56 Å². The molecule has 18 heteroatoms. The third-order valence-electron chi connectivity index (χ3n) is 13.4. The molecule has 4 aliphatic heterocycles. The molecule has 3 N–H and O–H groups in total. The molecule has 0 spiro atoms. The Balaban J connectivity index is 0.775. The lowest BCUT2D eigenvalue weighted by Crippen LogP contribution is -2.44. The van der Waals surface area contributed by atoms with Gasteiger partial charge in [-0.3, -0.25) is 24.4 Å². The molecule has 4 fully saturated rings. The van der Waals surface area contributed by atoms with Crippen LogP contribution in [0.2, 0.25) is 5.02 Å². The molecular formula is C44H50ClF2N11O4. The minimum atomic E-state index is -3.13. The third kappa shape index (κ3) is 7.67. The highest BCUT2D eigenvalue weighted by Crippen LogP contribution is 2.46. The average molecular weight is 870 g/mol. The number of rotatable bonds is 8. The first-order valence-electron chi connectivity index (χ1n) is 21.7. The van der Waals surface area contributed by atoms with Crippen molar-refractivity contribution in [3.8, 4) is 5.75 Å². The van der Waals surface area contributed by atoms with E-state index in [2.05, 4.69) is 53.8 Å². The topological polar surface area (TPSA) is 155 Å². The summed E-state index contributed by atoms with van der Waals surface area (Å²) in [6.45, 7) is 5.52. The monoisotopic (exact) mass is 869 g/mol. The number of pyridine rings is 1. The summed E-state index contributed by atoms with van der Waals surface area (Å²) in [5.74, 6) is -2.77. The number of carbonyl (C=O) groups excluding carboxylic acids is 2. The summed E-state index contributed by atoms with van der Waals surface area (Å²) in [6.07, 6.45) is 6.94. The Labute approximate surface area is 361 Å². The van der Waals surface area contributed by atoms with E-state index in [9.17, 15) is 14.4 Å². The second kappa shape index (κ2) is 16.0. The molecule has 1 aliphatic carbocycles. The maximum absolute atomic E-state index is 15.2. The first-order chi connectivity index (χ1) is 29.9. The number of piperidine rings is 2. The third-order valence-corrected chi connectivity index (χ3v) is 13.7. The van der Waals surface area contributed by atoms with Gasteiger partial charge in [0.15, 0.2) is 12.4 Å². The van der Waals surface area contributed by atoms with Crippen molar-refractivity contribution in [3.05, 3.63) is 63.7 Å². The number of benzene rings is 2. The van der Waals surface area contributed by atoms with Gasteiger partial charge in [0.05, 0.1) is 40.6 Å². The van der Waals surface area contributed by atoms with Crippen molar-refractivity contribution in [2.75, 3.05) is 72.9 Å². The van der Waals surface area contributed by atoms with Gasteiger partial charge in [0.2, 0.25) is 23.5 Å². The van der Waals surface area contributed by atoms with Crippen LogP contribution in [0, 0.1) is 11.8 Å². The van der Waals surface area contributed by atoms with Gasteiger partial charge in [-0.15, -0.1) is 0 Å². The summed E-state index contributed by atoms with van der Waals surface area (Å²) in [6, 6.07) is 10.6. The standard InChI is InChI=1S/C44H50ClF2N11O4/c1-54-33-10-6-27(20-31(33)37-38(42(54)61)62-24-44(46,47)39(51-37)26-4-5-26)49-40-32(45)22-48-43(52-40)58-15-3-14-56(18-19-58)23-25-12-16-57(17-13-25)28-7-8-29-34(21-28)55(2)53-36(29)30-9-11-35(59)50-41(30)60/h6-8,10,20-22,25-26,30,39,51H,3-5,9,11-19,23-24H2,1-2H3,(H,48,49,52)(H,50,59,60). The van der Waals surface area contributed by atoms with Crippen LogP contribution in [0.1, 0.15) is 56.6 Å². The van der Waals surface area contributed by atoms with Crippen LogP contribution in [-0.4, -0.2) is 105 Å². The van der Waals surface area contributed by atoms with Gasteiger partial charge in [-0.25, -0.2) is 13.8 Å². The van der Waals surface area contributed by atoms with Crippen molar-refractivity contribution >= 4 is 74.0 Å². The SMILES string of the molecule is Cn1nc(C2CCC(=O)NC2=O)c2ccc(N3CCC(CN4CCCN(c5ncc(Cl)c(Nc6ccc7c(c6)c6c(c(=O)n7C)OCC(F)(F)C(C7CC7)N6)n5)CC4)CC3)cc21. The predicted octanol–water partition coefficient (Wildman–Crippen LogP) is 5.78. The van der Waals surface area contributed by atoms with Crippen molar-refractivity contribution in [3.63, 3.8) is 0 Å². The molecule has 0 radical (unpaired) electrons. The van der Waals surface area contributed by atoms with E-state index >= 15 is 8.78 Å². The Kier molecular flexibility index (Phi) is 10.4. The van der Waals surface area contributed by atoms with Crippen molar-refractivity contribution in [2.45, 2.75) is 62.8 Å². The van der Waals surface area contributed by atoms with Crippen LogP contribution in [0.3, 0.4) is 0 Å². The van der Waals surface area contributed by atoms with Gasteiger partial charge in [-0.1, -0.05) is 11.6 Å². The summed E-state index contributed by atoms with van der Waals surface area (Å²) < 4.78 is 39.2. The number of alkyl halides is 2. The lowest BCUT2D eigenvalue weighted by molar-refractivity contribution is -0.134. The van der Waals surface area contributed by atoms with Crippen LogP contribution in [0.15, 0.2) is 47.4 Å². The maximum atomic E-state index is 15.2. The number of ether oxygens (including phenoxy) is 1. The first-order valence-corrected chi connectivity index (χ1v) is 22.0. The molecule has 2 amide bonds. The van der Waals surface area contributed by atoms with E-state index in [0.717, 1.165) is 87.4 Å². The number of anilines is 5. The molecule has 10 rings (SSSR count). The number of amides is 2. The number of hydrogen-bond donors (Lipinski definition) is 3. The van der Waals surface area contributed by atoms with Crippen LogP contribution in [0.5, 0.6) is 5.75 Å². The molecule has 326 valence electrons. The second-order valence-corrected chi connectivity index (χ2v) is 18.0. The first kappa shape index (κ1) is 40.5. The van der Waals surface area contributed by atoms with Crippen LogP contribution in [0.4, 0.5) is 37.6 Å². The highest BCUT2D eigenvalue weighted by molar-refractivity contribution is 6.33. The molecule has 2 unspecified atom stereocenters. The molecule has 1 saturated carbocycles. The number of aromatic nitrogens is 5. The van der Waals surface area contributed by atoms with Crippen molar-refractivity contribution < 1.29 is 23.1 Å². The molecular weight excluding hydrogens is 820 g/mol. The van der Waals surface area contributed by atoms with Gasteiger partial charge >= 0.3 is 5.92 Å². The van der Waals surface area contributed by atoms with Gasteiger partial charge in [0, 0.05) is 81.9 Å². The molecule has 2 aromatic carbocycles. The Morgan fingerprint density at radius 3 is 2.53 bits per heavy atom. The zero-order valence-electron chi connectivity index (χ0n) is 34.8. The highest BCUT2D eigenvalue weighted by Gasteiger charge is 2.51. The van der Waals surface area contributed by atoms with E-state index in [0.29, 0.717) is 65.0 Å². The lowest BCUT2D eigenvalue weighted by atomic mass is 9.92. The number of aryl methyl sites for hydroxylation is 2. The van der Waals surface area contributed by atoms with Gasteiger partial charge in [-0.05, 0) is 93.3 Å². The van der Waals surface area contributed by atoms with E-state index < -0.39 is 30.0 Å². The lowest BCUT2D eigenvalue weighted by Gasteiger charge is -2.36. The van der Waals surface area contributed by atoms with E-state index in [1.54, 1.807) is 19.3 Å². The Morgan fingerprint density at radius 1 is 0.919 bits per heavy atom. The zero-order valence-corrected chi connectivity index (χ0v) is 35.6. The minimum Gasteiger partial charge on any atom is -0.480 e. The van der Waals surface area contributed by atoms with Crippen LogP contribution >= 0.6 is 11.6 Å². The highest BCUT2D eigenvalue weighted by atomic mass is 35.5. The van der Waals surface area contributed by atoms with E-state index in [4.69, 9.17) is 26.4 Å². The molecule has 5 aliphatic rings. The molecule has 5 aromatic rings.